The van der Waals surface area contributed by atoms with Gasteiger partial charge < -0.3 is 5.11 Å². The SMILES string of the molecule is Cc1ccc(C(O)c2cccc(F)c2)c(C)c1. The Morgan fingerprint density at radius 1 is 1.06 bits per heavy atom. The smallest absolute Gasteiger partial charge is 0.123 e. The number of aliphatic hydroxyl groups excluding tert-OH is 1. The van der Waals surface area contributed by atoms with Crippen LogP contribution in [0.5, 0.6) is 0 Å². The van der Waals surface area contributed by atoms with Gasteiger partial charge in [-0.05, 0) is 42.7 Å². The highest BCUT2D eigenvalue weighted by Gasteiger charge is 2.13. The van der Waals surface area contributed by atoms with Crippen LogP contribution >= 0.6 is 0 Å². The Kier molecular flexibility index (Phi) is 3.25. The molecule has 0 radical (unpaired) electrons. The average Bonchev–Trinajstić information content (AvgIpc) is 2.28. The molecule has 0 aliphatic heterocycles. The molecule has 0 bridgehead atoms. The minimum absolute atomic E-state index is 0.327. The number of rotatable bonds is 2. The third kappa shape index (κ3) is 2.53. The molecule has 1 atom stereocenters. The zero-order valence-electron chi connectivity index (χ0n) is 9.94. The zero-order valence-corrected chi connectivity index (χ0v) is 9.94. The van der Waals surface area contributed by atoms with Crippen molar-refractivity contribution in [1.82, 2.24) is 0 Å². The van der Waals surface area contributed by atoms with Gasteiger partial charge in [-0.3, -0.25) is 0 Å². The molecule has 1 N–H and O–H groups in total. The van der Waals surface area contributed by atoms with Crippen LogP contribution in [0.25, 0.3) is 0 Å². The minimum atomic E-state index is -0.772. The molecule has 1 unspecified atom stereocenters. The van der Waals surface area contributed by atoms with Gasteiger partial charge in [-0.15, -0.1) is 0 Å². The average molecular weight is 230 g/mol. The molecule has 0 aromatic heterocycles. The van der Waals surface area contributed by atoms with Crippen molar-refractivity contribution < 1.29 is 9.50 Å². The number of hydrogen-bond donors (Lipinski definition) is 1. The van der Waals surface area contributed by atoms with Gasteiger partial charge in [0.25, 0.3) is 0 Å². The van der Waals surface area contributed by atoms with Crippen LogP contribution in [0, 0.1) is 19.7 Å². The second-order valence-electron chi connectivity index (χ2n) is 4.32. The molecule has 2 aromatic rings. The lowest BCUT2D eigenvalue weighted by Gasteiger charge is -2.14. The van der Waals surface area contributed by atoms with Crippen LogP contribution in [0.1, 0.15) is 28.4 Å². The van der Waals surface area contributed by atoms with E-state index >= 15 is 0 Å². The Morgan fingerprint density at radius 2 is 1.82 bits per heavy atom. The summed E-state index contributed by atoms with van der Waals surface area (Å²) >= 11 is 0. The van der Waals surface area contributed by atoms with E-state index in [1.54, 1.807) is 12.1 Å². The predicted octanol–water partition coefficient (Wildman–Crippen LogP) is 3.52. The summed E-state index contributed by atoms with van der Waals surface area (Å²) in [5.41, 5.74) is 3.57. The number of halogens is 1. The minimum Gasteiger partial charge on any atom is -0.384 e. The van der Waals surface area contributed by atoms with Crippen LogP contribution in [-0.2, 0) is 0 Å². The molecule has 0 saturated heterocycles. The molecule has 0 amide bonds. The van der Waals surface area contributed by atoms with Crippen LogP contribution in [-0.4, -0.2) is 5.11 Å². The van der Waals surface area contributed by atoms with E-state index in [-0.39, 0.29) is 5.82 Å². The van der Waals surface area contributed by atoms with Gasteiger partial charge in [0.2, 0.25) is 0 Å². The monoisotopic (exact) mass is 230 g/mol. The molecule has 0 spiro atoms. The second kappa shape index (κ2) is 4.68. The first-order chi connectivity index (χ1) is 8.08. The molecule has 0 fully saturated rings. The summed E-state index contributed by atoms with van der Waals surface area (Å²) < 4.78 is 13.1. The van der Waals surface area contributed by atoms with Gasteiger partial charge in [0, 0.05) is 0 Å². The third-order valence-electron chi connectivity index (χ3n) is 2.88. The highest BCUT2D eigenvalue weighted by Crippen LogP contribution is 2.25. The van der Waals surface area contributed by atoms with Gasteiger partial charge in [0.15, 0.2) is 0 Å². The first-order valence-corrected chi connectivity index (χ1v) is 5.58. The molecule has 1 nitrogen and oxygen atoms in total. The standard InChI is InChI=1S/C15H15FO/c1-10-6-7-14(11(2)8-10)15(17)12-4-3-5-13(16)9-12/h3-9,15,17H,1-2H3. The Balaban J connectivity index is 2.40. The van der Waals surface area contributed by atoms with Gasteiger partial charge in [-0.1, -0.05) is 35.9 Å². The molecule has 0 saturated carbocycles. The van der Waals surface area contributed by atoms with Crippen molar-refractivity contribution in [2.45, 2.75) is 20.0 Å². The quantitative estimate of drug-likeness (QED) is 0.836. The summed E-state index contributed by atoms with van der Waals surface area (Å²) in [4.78, 5) is 0. The van der Waals surface area contributed by atoms with Gasteiger partial charge >= 0.3 is 0 Å². The van der Waals surface area contributed by atoms with Crippen molar-refractivity contribution in [1.29, 1.82) is 0 Å². The molecule has 0 aliphatic carbocycles. The summed E-state index contributed by atoms with van der Waals surface area (Å²) in [7, 11) is 0. The topological polar surface area (TPSA) is 20.2 Å². The maximum atomic E-state index is 13.1. The Hall–Kier alpha value is -1.67. The molecular weight excluding hydrogens is 215 g/mol. The molecular formula is C15H15FO. The van der Waals surface area contributed by atoms with Crippen LogP contribution in [0.3, 0.4) is 0 Å². The Morgan fingerprint density at radius 3 is 2.47 bits per heavy atom. The number of hydrogen-bond acceptors (Lipinski definition) is 1. The van der Waals surface area contributed by atoms with Gasteiger partial charge in [0.1, 0.15) is 11.9 Å². The molecule has 0 heterocycles. The van der Waals surface area contributed by atoms with Crippen LogP contribution < -0.4 is 0 Å². The van der Waals surface area contributed by atoms with Gasteiger partial charge in [-0.25, -0.2) is 4.39 Å². The second-order valence-corrected chi connectivity index (χ2v) is 4.32. The Labute approximate surface area is 101 Å². The van der Waals surface area contributed by atoms with Gasteiger partial charge in [-0.2, -0.15) is 0 Å². The van der Waals surface area contributed by atoms with E-state index in [1.165, 1.54) is 12.1 Å². The predicted molar refractivity (Wildman–Crippen MR) is 66.4 cm³/mol. The summed E-state index contributed by atoms with van der Waals surface area (Å²) in [6.07, 6.45) is -0.772. The number of aryl methyl sites for hydroxylation is 2. The number of aliphatic hydroxyl groups is 1. The molecule has 0 aliphatic rings. The van der Waals surface area contributed by atoms with E-state index in [0.29, 0.717) is 5.56 Å². The van der Waals surface area contributed by atoms with Crippen LogP contribution in [0.2, 0.25) is 0 Å². The molecule has 17 heavy (non-hydrogen) atoms. The Bertz CT molecular complexity index is 534. The third-order valence-corrected chi connectivity index (χ3v) is 2.88. The summed E-state index contributed by atoms with van der Waals surface area (Å²) in [6.45, 7) is 3.95. The van der Waals surface area contributed by atoms with E-state index in [1.807, 2.05) is 32.0 Å². The lowest BCUT2D eigenvalue weighted by atomic mass is 9.96. The fourth-order valence-corrected chi connectivity index (χ4v) is 1.99. The van der Waals surface area contributed by atoms with E-state index in [2.05, 4.69) is 0 Å². The molecule has 88 valence electrons. The molecule has 2 rings (SSSR count). The lowest BCUT2D eigenvalue weighted by Crippen LogP contribution is -2.02. The van der Waals surface area contributed by atoms with E-state index in [4.69, 9.17) is 0 Å². The lowest BCUT2D eigenvalue weighted by molar-refractivity contribution is 0.219. The first-order valence-electron chi connectivity index (χ1n) is 5.58. The van der Waals surface area contributed by atoms with Crippen molar-refractivity contribution in [3.05, 3.63) is 70.5 Å². The van der Waals surface area contributed by atoms with Crippen molar-refractivity contribution in [2.24, 2.45) is 0 Å². The van der Waals surface area contributed by atoms with Crippen molar-refractivity contribution in [2.75, 3.05) is 0 Å². The number of benzene rings is 2. The summed E-state index contributed by atoms with van der Waals surface area (Å²) in [6, 6.07) is 11.9. The maximum absolute atomic E-state index is 13.1. The highest BCUT2D eigenvalue weighted by atomic mass is 19.1. The highest BCUT2D eigenvalue weighted by molar-refractivity contribution is 5.37. The van der Waals surface area contributed by atoms with Crippen molar-refractivity contribution in [3.8, 4) is 0 Å². The maximum Gasteiger partial charge on any atom is 0.123 e. The summed E-state index contributed by atoms with van der Waals surface area (Å²) in [5, 5.41) is 10.2. The fraction of sp³-hybridized carbons (Fsp3) is 0.200. The summed E-state index contributed by atoms with van der Waals surface area (Å²) in [5.74, 6) is -0.327. The fourth-order valence-electron chi connectivity index (χ4n) is 1.99. The van der Waals surface area contributed by atoms with E-state index in [0.717, 1.165) is 16.7 Å². The van der Waals surface area contributed by atoms with Crippen molar-refractivity contribution >= 4 is 0 Å². The van der Waals surface area contributed by atoms with E-state index in [9.17, 15) is 9.50 Å². The first kappa shape index (κ1) is 11.8. The van der Waals surface area contributed by atoms with E-state index < -0.39 is 6.10 Å². The van der Waals surface area contributed by atoms with Crippen LogP contribution in [0.15, 0.2) is 42.5 Å². The van der Waals surface area contributed by atoms with Gasteiger partial charge in [0.05, 0.1) is 0 Å². The van der Waals surface area contributed by atoms with Crippen LogP contribution in [0.4, 0.5) is 4.39 Å². The molecule has 2 aromatic carbocycles. The van der Waals surface area contributed by atoms with Crippen molar-refractivity contribution in [3.63, 3.8) is 0 Å². The molecule has 2 heteroatoms. The normalized spacial score (nSPS) is 12.5. The zero-order chi connectivity index (χ0) is 12.4. The largest absolute Gasteiger partial charge is 0.384 e.